The predicted octanol–water partition coefficient (Wildman–Crippen LogP) is 4.40. The van der Waals surface area contributed by atoms with Gasteiger partial charge in [0.15, 0.2) is 5.76 Å². The van der Waals surface area contributed by atoms with Gasteiger partial charge in [0, 0.05) is 44.0 Å². The number of nitrogens with zero attached hydrogens (tertiary/aromatic N) is 5. The zero-order valence-electron chi connectivity index (χ0n) is 18.6. The number of halogens is 3. The minimum absolute atomic E-state index is 0.0347. The van der Waals surface area contributed by atoms with Crippen molar-refractivity contribution in [1.82, 2.24) is 19.9 Å². The fourth-order valence-electron chi connectivity index (χ4n) is 4.12. The molecule has 2 aromatic heterocycles. The monoisotopic (exact) mass is 459 g/mol. The molecule has 0 aliphatic carbocycles. The third-order valence-electron chi connectivity index (χ3n) is 5.85. The summed E-state index contributed by atoms with van der Waals surface area (Å²) in [5.41, 5.74) is -0.467. The van der Waals surface area contributed by atoms with E-state index in [0.29, 0.717) is 12.3 Å². The Morgan fingerprint density at radius 2 is 1.79 bits per heavy atom. The van der Waals surface area contributed by atoms with Gasteiger partial charge in [-0.2, -0.15) is 13.2 Å². The van der Waals surface area contributed by atoms with Gasteiger partial charge in [-0.25, -0.2) is 4.98 Å². The normalized spacial score (nSPS) is 15.4. The number of hydrogen-bond donors (Lipinski definition) is 0. The maximum absolute atomic E-state index is 13.3. The third kappa shape index (κ3) is 6.11. The summed E-state index contributed by atoms with van der Waals surface area (Å²) >= 11 is 0. The second-order valence-electron chi connectivity index (χ2n) is 8.33. The maximum atomic E-state index is 13.3. The second kappa shape index (κ2) is 10.4. The van der Waals surface area contributed by atoms with E-state index in [4.69, 9.17) is 4.52 Å². The van der Waals surface area contributed by atoms with Gasteiger partial charge in [0.25, 0.3) is 0 Å². The van der Waals surface area contributed by atoms with Crippen LogP contribution in [-0.4, -0.2) is 66.3 Å². The van der Waals surface area contributed by atoms with Gasteiger partial charge >= 0.3 is 6.18 Å². The number of benzene rings is 1. The predicted molar refractivity (Wildman–Crippen MR) is 121 cm³/mol. The molecule has 0 bridgehead atoms. The molecule has 33 heavy (non-hydrogen) atoms. The van der Waals surface area contributed by atoms with Gasteiger partial charge in [0.05, 0.1) is 12.1 Å². The molecule has 1 saturated heterocycles. The Morgan fingerprint density at radius 3 is 2.52 bits per heavy atom. The lowest BCUT2D eigenvalue weighted by Crippen LogP contribution is -2.47. The minimum Gasteiger partial charge on any atom is -0.359 e. The van der Waals surface area contributed by atoms with Crippen molar-refractivity contribution in [3.63, 3.8) is 0 Å². The van der Waals surface area contributed by atoms with E-state index in [1.54, 1.807) is 12.1 Å². The van der Waals surface area contributed by atoms with Crippen LogP contribution < -0.4 is 4.90 Å². The second-order valence-corrected chi connectivity index (χ2v) is 8.33. The third-order valence-corrected chi connectivity index (χ3v) is 5.85. The molecule has 1 aliphatic heterocycles. The molecule has 9 heteroatoms. The van der Waals surface area contributed by atoms with Crippen LogP contribution in [0.1, 0.15) is 17.7 Å². The Hall–Kier alpha value is -2.91. The summed E-state index contributed by atoms with van der Waals surface area (Å²) in [5.74, 6) is 1.58. The van der Waals surface area contributed by atoms with Crippen LogP contribution in [0.15, 0.2) is 59.3 Å². The maximum Gasteiger partial charge on any atom is 0.417 e. The van der Waals surface area contributed by atoms with Crippen LogP contribution in [0.5, 0.6) is 0 Å². The number of anilines is 1. The molecule has 1 aromatic carbocycles. The summed E-state index contributed by atoms with van der Waals surface area (Å²) < 4.78 is 45.2. The van der Waals surface area contributed by atoms with E-state index < -0.39 is 11.7 Å². The first-order valence-corrected chi connectivity index (χ1v) is 11.1. The first-order chi connectivity index (χ1) is 15.9. The summed E-state index contributed by atoms with van der Waals surface area (Å²) in [4.78, 5) is 11.3. The lowest BCUT2D eigenvalue weighted by molar-refractivity contribution is -0.137. The fraction of sp³-hybridized carbons (Fsp3) is 0.417. The first-order valence-electron chi connectivity index (χ1n) is 11.1. The van der Waals surface area contributed by atoms with E-state index in [1.165, 1.54) is 12.1 Å². The van der Waals surface area contributed by atoms with E-state index in [9.17, 15) is 13.2 Å². The van der Waals surface area contributed by atoms with Crippen LogP contribution in [0.3, 0.4) is 0 Å². The van der Waals surface area contributed by atoms with Crippen molar-refractivity contribution >= 4 is 5.82 Å². The van der Waals surface area contributed by atoms with Crippen molar-refractivity contribution in [1.29, 1.82) is 0 Å². The molecule has 0 unspecified atom stereocenters. The van der Waals surface area contributed by atoms with Crippen LogP contribution in [0.2, 0.25) is 0 Å². The van der Waals surface area contributed by atoms with E-state index in [-0.39, 0.29) is 11.3 Å². The molecule has 0 radical (unpaired) electrons. The van der Waals surface area contributed by atoms with Gasteiger partial charge in [-0.05, 0) is 44.8 Å². The average Bonchev–Trinajstić information content (AvgIpc) is 3.28. The van der Waals surface area contributed by atoms with E-state index in [0.717, 1.165) is 57.6 Å². The van der Waals surface area contributed by atoms with Crippen LogP contribution in [0, 0.1) is 0 Å². The molecule has 176 valence electrons. The molecule has 0 spiro atoms. The summed E-state index contributed by atoms with van der Waals surface area (Å²) in [7, 11) is 1.98. The average molecular weight is 460 g/mol. The summed E-state index contributed by atoms with van der Waals surface area (Å²) in [5, 5.41) is 3.88. The smallest absolute Gasteiger partial charge is 0.359 e. The van der Waals surface area contributed by atoms with Crippen LogP contribution in [-0.2, 0) is 12.7 Å². The van der Waals surface area contributed by atoms with E-state index >= 15 is 0 Å². The highest BCUT2D eigenvalue weighted by Gasteiger charge is 2.34. The number of piperazine rings is 1. The zero-order chi connectivity index (χ0) is 23.3. The Kier molecular flexibility index (Phi) is 7.29. The molecule has 0 saturated carbocycles. The van der Waals surface area contributed by atoms with Crippen LogP contribution >= 0.6 is 0 Å². The standard InChI is InChI=1S/C24H28F3N5O/c1-30(11-6-12-31-13-15-32(16-14-31)23-9-4-5-10-28-23)18-19-17-22(29-33-19)20-7-2-3-8-21(20)24(25,26)27/h2-5,7-10,17H,6,11-16,18H2,1H3. The van der Waals surface area contributed by atoms with Crippen molar-refractivity contribution in [3.8, 4) is 11.3 Å². The SMILES string of the molecule is CN(CCCN1CCN(c2ccccn2)CC1)Cc1cc(-c2ccccc2C(F)(F)F)no1. The molecule has 3 heterocycles. The van der Waals surface area contributed by atoms with Crippen molar-refractivity contribution < 1.29 is 17.7 Å². The topological polar surface area (TPSA) is 48.6 Å². The molecule has 3 aromatic rings. The van der Waals surface area contributed by atoms with Crippen molar-refractivity contribution in [2.75, 3.05) is 51.2 Å². The molecule has 0 N–H and O–H groups in total. The summed E-state index contributed by atoms with van der Waals surface area (Å²) in [6, 6.07) is 13.0. The molecule has 0 atom stereocenters. The molecule has 1 fully saturated rings. The number of rotatable bonds is 8. The van der Waals surface area contributed by atoms with Crippen LogP contribution in [0.4, 0.5) is 19.0 Å². The largest absolute Gasteiger partial charge is 0.417 e. The molecule has 6 nitrogen and oxygen atoms in total. The zero-order valence-corrected chi connectivity index (χ0v) is 18.6. The Morgan fingerprint density at radius 1 is 1.03 bits per heavy atom. The lowest BCUT2D eigenvalue weighted by atomic mass is 10.0. The molecule has 1 aliphatic rings. The highest BCUT2D eigenvalue weighted by molar-refractivity contribution is 5.64. The van der Waals surface area contributed by atoms with E-state index in [2.05, 4.69) is 24.8 Å². The number of aromatic nitrogens is 2. The Labute approximate surface area is 191 Å². The van der Waals surface area contributed by atoms with Crippen molar-refractivity contribution in [2.24, 2.45) is 0 Å². The summed E-state index contributed by atoms with van der Waals surface area (Å²) in [6.45, 7) is 6.29. The Balaban J connectivity index is 1.22. The molecule has 0 amide bonds. The number of hydrogen-bond acceptors (Lipinski definition) is 6. The number of alkyl halides is 3. The lowest BCUT2D eigenvalue weighted by Gasteiger charge is -2.35. The van der Waals surface area contributed by atoms with Crippen molar-refractivity contribution in [2.45, 2.75) is 19.1 Å². The van der Waals surface area contributed by atoms with Gasteiger partial charge in [-0.15, -0.1) is 0 Å². The quantitative estimate of drug-likeness (QED) is 0.498. The van der Waals surface area contributed by atoms with Gasteiger partial charge in [-0.3, -0.25) is 9.80 Å². The first kappa shape index (κ1) is 23.3. The van der Waals surface area contributed by atoms with Gasteiger partial charge < -0.3 is 9.42 Å². The molecular formula is C24H28F3N5O. The van der Waals surface area contributed by atoms with Gasteiger partial charge in [0.1, 0.15) is 11.5 Å². The van der Waals surface area contributed by atoms with E-state index in [1.807, 2.05) is 31.4 Å². The molecule has 4 rings (SSSR count). The van der Waals surface area contributed by atoms with Crippen molar-refractivity contribution in [3.05, 3.63) is 66.1 Å². The fourth-order valence-corrected chi connectivity index (χ4v) is 4.12. The Bertz CT molecular complexity index is 1020. The van der Waals surface area contributed by atoms with Gasteiger partial charge in [-0.1, -0.05) is 29.4 Å². The number of pyridine rings is 1. The highest BCUT2D eigenvalue weighted by atomic mass is 19.4. The van der Waals surface area contributed by atoms with Crippen LogP contribution in [0.25, 0.3) is 11.3 Å². The van der Waals surface area contributed by atoms with Gasteiger partial charge in [0.2, 0.25) is 0 Å². The summed E-state index contributed by atoms with van der Waals surface area (Å²) in [6.07, 6.45) is -1.61. The highest BCUT2D eigenvalue weighted by Crippen LogP contribution is 2.36. The molecular weight excluding hydrogens is 431 g/mol. The minimum atomic E-state index is -4.43.